The van der Waals surface area contributed by atoms with Gasteiger partial charge in [-0.3, -0.25) is 0 Å². The summed E-state index contributed by atoms with van der Waals surface area (Å²) < 4.78 is 69.8. The number of halogens is 3. The van der Waals surface area contributed by atoms with Gasteiger partial charge in [-0.05, 0) is 60.7 Å². The third-order valence-electron chi connectivity index (χ3n) is 5.93. The quantitative estimate of drug-likeness (QED) is 0.329. The molecule has 1 heterocycles. The fourth-order valence-corrected chi connectivity index (χ4v) is 5.37. The van der Waals surface area contributed by atoms with Gasteiger partial charge in [0.1, 0.15) is 0 Å². The molecule has 0 unspecified atom stereocenters. The van der Waals surface area contributed by atoms with Gasteiger partial charge in [-0.2, -0.15) is 13.2 Å². The van der Waals surface area contributed by atoms with E-state index in [0.29, 0.717) is 23.5 Å². The maximum absolute atomic E-state index is 13.8. The highest BCUT2D eigenvalue weighted by Gasteiger charge is 2.33. The summed E-state index contributed by atoms with van der Waals surface area (Å²) in [6.45, 7) is 0.479. The molecule has 5 rings (SSSR count). The van der Waals surface area contributed by atoms with E-state index in [9.17, 15) is 21.6 Å². The molecule has 0 N–H and O–H groups in total. The molecule has 1 saturated carbocycles. The number of fused-ring (bicyclic) bond motifs is 1. The number of alkyl halides is 3. The van der Waals surface area contributed by atoms with Crippen molar-refractivity contribution in [3.8, 4) is 0 Å². The molecule has 0 bridgehead atoms. The van der Waals surface area contributed by atoms with Gasteiger partial charge in [-0.15, -0.1) is 0 Å². The SMILES string of the molecule is O=S(=O)(c1ccccc1)N(Cc1ccc(C(F)(F)F)cc1)c1nc2ccccc2n1CC1CC1. The molecule has 0 amide bonds. The molecule has 1 fully saturated rings. The molecule has 34 heavy (non-hydrogen) atoms. The van der Waals surface area contributed by atoms with Crippen LogP contribution in [0, 0.1) is 5.92 Å². The van der Waals surface area contributed by atoms with Crippen molar-refractivity contribution in [3.63, 3.8) is 0 Å². The summed E-state index contributed by atoms with van der Waals surface area (Å²) >= 11 is 0. The van der Waals surface area contributed by atoms with Gasteiger partial charge in [-0.1, -0.05) is 42.5 Å². The molecular weight excluding hydrogens is 463 g/mol. The second-order valence-corrected chi connectivity index (χ2v) is 10.3. The molecule has 0 saturated heterocycles. The van der Waals surface area contributed by atoms with E-state index in [1.54, 1.807) is 18.2 Å². The Morgan fingerprint density at radius 3 is 2.21 bits per heavy atom. The summed E-state index contributed by atoms with van der Waals surface area (Å²) in [6.07, 6.45) is -2.33. The molecule has 4 aromatic rings. The van der Waals surface area contributed by atoms with Crippen LogP contribution in [0.25, 0.3) is 11.0 Å². The van der Waals surface area contributed by atoms with E-state index in [2.05, 4.69) is 4.98 Å². The van der Waals surface area contributed by atoms with Crippen LogP contribution in [0.1, 0.15) is 24.0 Å². The predicted octanol–water partition coefficient (Wildman–Crippen LogP) is 5.86. The Morgan fingerprint density at radius 1 is 0.912 bits per heavy atom. The van der Waals surface area contributed by atoms with Crippen LogP contribution >= 0.6 is 0 Å². The van der Waals surface area contributed by atoms with E-state index < -0.39 is 21.8 Å². The van der Waals surface area contributed by atoms with Crippen LogP contribution in [0.15, 0.2) is 83.8 Å². The zero-order valence-electron chi connectivity index (χ0n) is 18.1. The Kier molecular flexibility index (Phi) is 5.59. The predicted molar refractivity (Wildman–Crippen MR) is 124 cm³/mol. The van der Waals surface area contributed by atoms with Crippen molar-refractivity contribution >= 4 is 27.0 Å². The molecule has 1 aliphatic rings. The first kappa shape index (κ1) is 22.5. The first-order valence-electron chi connectivity index (χ1n) is 10.9. The summed E-state index contributed by atoms with van der Waals surface area (Å²) in [4.78, 5) is 4.76. The Balaban J connectivity index is 1.63. The largest absolute Gasteiger partial charge is 0.416 e. The van der Waals surface area contributed by atoms with Crippen LogP contribution in [-0.4, -0.2) is 18.0 Å². The van der Waals surface area contributed by atoms with Gasteiger partial charge in [-0.25, -0.2) is 17.7 Å². The topological polar surface area (TPSA) is 55.2 Å². The molecular formula is C25H22F3N3O2S. The fourth-order valence-electron chi connectivity index (χ4n) is 3.94. The second kappa shape index (κ2) is 8.47. The lowest BCUT2D eigenvalue weighted by atomic mass is 10.1. The number of aromatic nitrogens is 2. The smallest absolute Gasteiger partial charge is 0.309 e. The van der Waals surface area contributed by atoms with Crippen molar-refractivity contribution in [2.75, 3.05) is 4.31 Å². The number of hydrogen-bond donors (Lipinski definition) is 0. The molecule has 0 radical (unpaired) electrons. The molecule has 176 valence electrons. The minimum Gasteiger partial charge on any atom is -0.309 e. The first-order chi connectivity index (χ1) is 16.2. The van der Waals surface area contributed by atoms with Crippen molar-refractivity contribution in [3.05, 3.63) is 90.0 Å². The number of hydrogen-bond acceptors (Lipinski definition) is 3. The Labute approximate surface area is 195 Å². The lowest BCUT2D eigenvalue weighted by molar-refractivity contribution is -0.137. The van der Waals surface area contributed by atoms with Crippen molar-refractivity contribution < 1.29 is 21.6 Å². The summed E-state index contributed by atoms with van der Waals surface area (Å²) in [5.74, 6) is 0.709. The maximum atomic E-state index is 13.8. The Morgan fingerprint density at radius 2 is 1.56 bits per heavy atom. The monoisotopic (exact) mass is 485 g/mol. The van der Waals surface area contributed by atoms with Crippen molar-refractivity contribution in [2.24, 2.45) is 5.92 Å². The van der Waals surface area contributed by atoms with E-state index >= 15 is 0 Å². The Bertz CT molecular complexity index is 1410. The average Bonchev–Trinajstić information content (AvgIpc) is 3.58. The molecule has 0 atom stereocenters. The summed E-state index contributed by atoms with van der Waals surface area (Å²) in [5.41, 5.74) is 1.14. The highest BCUT2D eigenvalue weighted by Crippen LogP contribution is 2.36. The van der Waals surface area contributed by atoms with Gasteiger partial charge >= 0.3 is 6.18 Å². The summed E-state index contributed by atoms with van der Waals surface area (Å²) in [5, 5.41) is 0. The molecule has 0 aliphatic heterocycles. The number of imidazole rings is 1. The first-order valence-corrected chi connectivity index (χ1v) is 12.4. The number of benzene rings is 3. The van der Waals surface area contributed by atoms with Gasteiger partial charge in [0.25, 0.3) is 10.0 Å². The average molecular weight is 486 g/mol. The van der Waals surface area contributed by atoms with E-state index in [4.69, 9.17) is 0 Å². The van der Waals surface area contributed by atoms with Crippen molar-refractivity contribution in [1.82, 2.24) is 9.55 Å². The van der Waals surface area contributed by atoms with Crippen LogP contribution in [0.4, 0.5) is 19.1 Å². The Hall–Kier alpha value is -3.33. The molecule has 3 aromatic carbocycles. The summed E-state index contributed by atoms with van der Waals surface area (Å²) in [6, 6.07) is 20.0. The van der Waals surface area contributed by atoms with Crippen molar-refractivity contribution in [2.45, 2.75) is 37.0 Å². The second-order valence-electron chi connectivity index (χ2n) is 8.47. The van der Waals surface area contributed by atoms with Gasteiger partial charge in [0, 0.05) is 6.54 Å². The fraction of sp³-hybridized carbons (Fsp3) is 0.240. The third kappa shape index (κ3) is 4.40. The lowest BCUT2D eigenvalue weighted by Crippen LogP contribution is -2.33. The summed E-state index contributed by atoms with van der Waals surface area (Å²) in [7, 11) is -4.05. The highest BCUT2D eigenvalue weighted by atomic mass is 32.2. The van der Waals surface area contributed by atoms with Crippen LogP contribution in [0.5, 0.6) is 0 Å². The number of sulfonamides is 1. The van der Waals surface area contributed by atoms with E-state index in [-0.39, 0.29) is 17.4 Å². The van der Waals surface area contributed by atoms with Gasteiger partial charge in [0.2, 0.25) is 5.95 Å². The lowest BCUT2D eigenvalue weighted by Gasteiger charge is -2.25. The zero-order valence-corrected chi connectivity index (χ0v) is 18.9. The minimum atomic E-state index is -4.47. The normalized spacial score (nSPS) is 14.4. The van der Waals surface area contributed by atoms with E-state index in [1.165, 1.54) is 28.6 Å². The van der Waals surface area contributed by atoms with Crippen LogP contribution in [0.2, 0.25) is 0 Å². The van der Waals surface area contributed by atoms with Crippen LogP contribution < -0.4 is 4.31 Å². The van der Waals surface area contributed by atoms with Gasteiger partial charge in [0.05, 0.1) is 28.0 Å². The number of nitrogens with zero attached hydrogens (tertiary/aromatic N) is 3. The molecule has 1 aromatic heterocycles. The van der Waals surface area contributed by atoms with E-state index in [0.717, 1.165) is 30.5 Å². The number of para-hydroxylation sites is 2. The zero-order chi connectivity index (χ0) is 23.9. The number of anilines is 1. The standard InChI is InChI=1S/C25H22F3N3O2S/c26-25(27,28)20-14-12-19(13-15-20)17-31(34(32,33)21-6-2-1-3-7-21)24-29-22-8-4-5-9-23(22)30(24)16-18-10-11-18/h1-9,12-15,18H,10-11,16-17H2. The van der Waals surface area contributed by atoms with E-state index in [1.807, 2.05) is 28.8 Å². The van der Waals surface area contributed by atoms with Gasteiger partial charge in [0.15, 0.2) is 0 Å². The third-order valence-corrected chi connectivity index (χ3v) is 7.67. The maximum Gasteiger partial charge on any atom is 0.416 e. The molecule has 1 aliphatic carbocycles. The molecule has 0 spiro atoms. The minimum absolute atomic E-state index is 0.0898. The van der Waals surface area contributed by atoms with Gasteiger partial charge < -0.3 is 4.57 Å². The van der Waals surface area contributed by atoms with Crippen molar-refractivity contribution in [1.29, 1.82) is 0 Å². The molecule has 5 nitrogen and oxygen atoms in total. The highest BCUT2D eigenvalue weighted by molar-refractivity contribution is 7.92. The van der Waals surface area contributed by atoms with Crippen LogP contribution in [0.3, 0.4) is 0 Å². The molecule has 9 heteroatoms. The van der Waals surface area contributed by atoms with Crippen LogP contribution in [-0.2, 0) is 29.3 Å². The number of rotatable bonds is 7.